The van der Waals surface area contributed by atoms with Crippen LogP contribution in [0.1, 0.15) is 34.1 Å². The van der Waals surface area contributed by atoms with E-state index in [1.54, 1.807) is 0 Å². The van der Waals surface area contributed by atoms with Crippen molar-refractivity contribution in [3.8, 4) is 28.0 Å². The van der Waals surface area contributed by atoms with Crippen molar-refractivity contribution < 1.29 is 14.3 Å². The molecule has 30 heavy (non-hydrogen) atoms. The van der Waals surface area contributed by atoms with E-state index in [-0.39, 0.29) is 18.5 Å². The maximum Gasteiger partial charge on any atom is 0.308 e. The second-order valence-electron chi connectivity index (χ2n) is 6.74. The lowest BCUT2D eigenvalue weighted by Crippen LogP contribution is -2.18. The van der Waals surface area contributed by atoms with Crippen molar-refractivity contribution in [3.63, 3.8) is 0 Å². The quantitative estimate of drug-likeness (QED) is 0.299. The zero-order valence-corrected chi connectivity index (χ0v) is 18.4. The van der Waals surface area contributed by atoms with E-state index >= 15 is 0 Å². The van der Waals surface area contributed by atoms with Gasteiger partial charge in [0, 0.05) is 11.1 Å². The van der Waals surface area contributed by atoms with Crippen LogP contribution in [0.2, 0.25) is 0 Å². The van der Waals surface area contributed by atoms with Crippen molar-refractivity contribution in [2.45, 2.75) is 34.1 Å². The van der Waals surface area contributed by atoms with Gasteiger partial charge in [-0.1, -0.05) is 107 Å². The van der Waals surface area contributed by atoms with Crippen LogP contribution in [0, 0.1) is 5.92 Å². The van der Waals surface area contributed by atoms with E-state index in [4.69, 9.17) is 9.47 Å². The van der Waals surface area contributed by atoms with Crippen LogP contribution >= 0.6 is 0 Å². The third-order valence-corrected chi connectivity index (χ3v) is 4.77. The summed E-state index contributed by atoms with van der Waals surface area (Å²) in [6.07, 6.45) is 0.773. The Balaban J connectivity index is 0.00000155. The smallest absolute Gasteiger partial charge is 0.308 e. The summed E-state index contributed by atoms with van der Waals surface area (Å²) >= 11 is 0. The van der Waals surface area contributed by atoms with Crippen LogP contribution in [0.3, 0.4) is 0 Å². The van der Waals surface area contributed by atoms with E-state index in [1.807, 2.05) is 70.2 Å². The third-order valence-electron chi connectivity index (χ3n) is 4.77. The molecule has 3 heteroatoms. The Morgan fingerprint density at radius 3 is 1.73 bits per heavy atom. The molecule has 0 saturated heterocycles. The van der Waals surface area contributed by atoms with Crippen molar-refractivity contribution in [3.05, 3.63) is 78.9 Å². The van der Waals surface area contributed by atoms with Gasteiger partial charge in [-0.15, -0.1) is 0 Å². The van der Waals surface area contributed by atoms with Gasteiger partial charge in [0.25, 0.3) is 0 Å². The first kappa shape index (κ1) is 23.2. The predicted molar refractivity (Wildman–Crippen MR) is 125 cm³/mol. The van der Waals surface area contributed by atoms with Gasteiger partial charge < -0.3 is 9.47 Å². The molecular formula is C27H32O3. The van der Waals surface area contributed by atoms with Crippen LogP contribution in [0.4, 0.5) is 0 Å². The molecule has 0 N–H and O–H groups in total. The van der Waals surface area contributed by atoms with Crippen LogP contribution in [0.25, 0.3) is 22.3 Å². The van der Waals surface area contributed by atoms with Crippen LogP contribution < -0.4 is 4.74 Å². The molecule has 3 aromatic rings. The summed E-state index contributed by atoms with van der Waals surface area (Å²) in [5.41, 5.74) is 4.23. The first-order chi connectivity index (χ1) is 14.7. The molecule has 0 fully saturated rings. The molecule has 0 spiro atoms. The second-order valence-corrected chi connectivity index (χ2v) is 6.74. The van der Waals surface area contributed by atoms with Crippen LogP contribution in [-0.4, -0.2) is 19.2 Å². The number of carbonyl (C=O) groups is 1. The molecule has 3 aromatic carbocycles. The molecule has 1 atom stereocenters. The number of esters is 1. The average Bonchev–Trinajstić information content (AvgIpc) is 2.83. The molecule has 1 unspecified atom stereocenters. The highest BCUT2D eigenvalue weighted by atomic mass is 16.6. The number of para-hydroxylation sites is 1. The standard InChI is InChI=1S/C25H26O3.C2H6/c1-3-19(2)25(26)28-18-17-27-24-22(20-11-6-4-7-12-20)15-10-16-23(24)21-13-8-5-9-14-21;1-2/h4-16,19H,3,17-18H2,1-2H3;1-2H3. The van der Waals surface area contributed by atoms with Gasteiger partial charge in [0.15, 0.2) is 0 Å². The maximum atomic E-state index is 11.9. The van der Waals surface area contributed by atoms with Crippen LogP contribution in [0.5, 0.6) is 5.75 Å². The zero-order valence-electron chi connectivity index (χ0n) is 18.4. The lowest BCUT2D eigenvalue weighted by atomic mass is 9.97. The normalized spacial score (nSPS) is 11.1. The molecule has 0 aliphatic rings. The first-order valence-electron chi connectivity index (χ1n) is 10.7. The van der Waals surface area contributed by atoms with Gasteiger partial charge >= 0.3 is 5.97 Å². The van der Waals surface area contributed by atoms with Gasteiger partial charge in [0.2, 0.25) is 0 Å². The molecule has 0 aliphatic heterocycles. The van der Waals surface area contributed by atoms with Gasteiger partial charge in [-0.25, -0.2) is 0 Å². The lowest BCUT2D eigenvalue weighted by molar-refractivity contribution is -0.148. The Morgan fingerprint density at radius 2 is 1.27 bits per heavy atom. The molecule has 0 bridgehead atoms. The van der Waals surface area contributed by atoms with Crippen LogP contribution in [0.15, 0.2) is 78.9 Å². The van der Waals surface area contributed by atoms with E-state index < -0.39 is 0 Å². The summed E-state index contributed by atoms with van der Waals surface area (Å²) in [5, 5.41) is 0. The lowest BCUT2D eigenvalue weighted by Gasteiger charge is -2.17. The molecule has 3 rings (SSSR count). The third kappa shape index (κ3) is 6.21. The van der Waals surface area contributed by atoms with E-state index in [0.717, 1.165) is 34.4 Å². The van der Waals surface area contributed by atoms with Gasteiger partial charge in [0.1, 0.15) is 19.0 Å². The number of benzene rings is 3. The molecule has 0 amide bonds. The highest BCUT2D eigenvalue weighted by molar-refractivity contribution is 5.82. The Labute approximate surface area is 180 Å². The molecule has 158 valence electrons. The van der Waals surface area contributed by atoms with E-state index in [2.05, 4.69) is 36.4 Å². The minimum Gasteiger partial charge on any atom is -0.489 e. The SMILES string of the molecule is CC.CCC(C)C(=O)OCCOc1c(-c2ccccc2)cccc1-c1ccccc1. The summed E-state index contributed by atoms with van der Waals surface area (Å²) in [7, 11) is 0. The van der Waals surface area contributed by atoms with Gasteiger partial charge in [-0.05, 0) is 17.5 Å². The summed E-state index contributed by atoms with van der Waals surface area (Å²) in [6.45, 7) is 8.40. The minimum absolute atomic E-state index is 0.0866. The number of carbonyl (C=O) groups excluding carboxylic acids is 1. The Kier molecular flexibility index (Phi) is 9.66. The number of ether oxygens (including phenoxy) is 2. The van der Waals surface area contributed by atoms with E-state index in [9.17, 15) is 4.79 Å². The number of rotatable bonds is 8. The fraction of sp³-hybridized carbons (Fsp3) is 0.296. The van der Waals surface area contributed by atoms with Crippen molar-refractivity contribution in [1.82, 2.24) is 0 Å². The van der Waals surface area contributed by atoms with E-state index in [0.29, 0.717) is 6.61 Å². The molecule has 0 radical (unpaired) electrons. The highest BCUT2D eigenvalue weighted by Gasteiger charge is 2.15. The van der Waals surface area contributed by atoms with Crippen molar-refractivity contribution in [2.24, 2.45) is 5.92 Å². The first-order valence-corrected chi connectivity index (χ1v) is 10.7. The fourth-order valence-corrected chi connectivity index (χ4v) is 2.98. The summed E-state index contributed by atoms with van der Waals surface area (Å²) < 4.78 is 11.5. The topological polar surface area (TPSA) is 35.5 Å². The summed E-state index contributed by atoms with van der Waals surface area (Å²) in [5.74, 6) is 0.543. The Hall–Kier alpha value is -3.07. The molecule has 0 heterocycles. The van der Waals surface area contributed by atoms with Gasteiger partial charge in [-0.2, -0.15) is 0 Å². The molecule has 0 aromatic heterocycles. The summed E-state index contributed by atoms with van der Waals surface area (Å²) in [6, 6.07) is 26.5. The predicted octanol–water partition coefficient (Wildman–Crippen LogP) is 7.01. The van der Waals surface area contributed by atoms with Crippen molar-refractivity contribution in [1.29, 1.82) is 0 Å². The maximum absolute atomic E-state index is 11.9. The number of hydrogen-bond acceptors (Lipinski definition) is 3. The highest BCUT2D eigenvalue weighted by Crippen LogP contribution is 2.38. The summed E-state index contributed by atoms with van der Waals surface area (Å²) in [4.78, 5) is 11.9. The average molecular weight is 405 g/mol. The zero-order chi connectivity index (χ0) is 21.8. The fourth-order valence-electron chi connectivity index (χ4n) is 2.98. The molecular weight excluding hydrogens is 372 g/mol. The second kappa shape index (κ2) is 12.5. The van der Waals surface area contributed by atoms with E-state index in [1.165, 1.54) is 0 Å². The largest absolute Gasteiger partial charge is 0.489 e. The monoisotopic (exact) mass is 404 g/mol. The minimum atomic E-state index is -0.175. The van der Waals surface area contributed by atoms with Crippen LogP contribution in [-0.2, 0) is 9.53 Å². The molecule has 0 saturated carbocycles. The van der Waals surface area contributed by atoms with Crippen molar-refractivity contribution >= 4 is 5.97 Å². The Morgan fingerprint density at radius 1 is 0.767 bits per heavy atom. The number of hydrogen-bond donors (Lipinski definition) is 0. The molecule has 3 nitrogen and oxygen atoms in total. The molecule has 0 aliphatic carbocycles. The van der Waals surface area contributed by atoms with Gasteiger partial charge in [0.05, 0.1) is 5.92 Å². The van der Waals surface area contributed by atoms with Gasteiger partial charge in [-0.3, -0.25) is 4.79 Å². The Bertz CT molecular complexity index is 831. The van der Waals surface area contributed by atoms with Crippen molar-refractivity contribution in [2.75, 3.05) is 13.2 Å².